The third-order valence-electron chi connectivity index (χ3n) is 2.73. The third kappa shape index (κ3) is 2.19. The summed E-state index contributed by atoms with van der Waals surface area (Å²) in [6, 6.07) is 0.148. The van der Waals surface area contributed by atoms with E-state index in [9.17, 15) is 0 Å². The Labute approximate surface area is 94.8 Å². The average molecular weight is 215 g/mol. The number of hydrogen-bond donors (Lipinski definition) is 0. The molecular formula is C12H13N3O. The molecule has 0 radical (unpaired) electrons. The Morgan fingerprint density at radius 2 is 2.31 bits per heavy atom. The monoisotopic (exact) mass is 215 g/mol. The minimum atomic E-state index is 0.148. The van der Waals surface area contributed by atoms with E-state index in [0.29, 0.717) is 5.88 Å². The van der Waals surface area contributed by atoms with E-state index in [4.69, 9.17) is 11.3 Å². The predicted octanol–water partition coefficient (Wildman–Crippen LogP) is 2.34. The van der Waals surface area contributed by atoms with Gasteiger partial charge in [0.05, 0.1) is 25.2 Å². The summed E-state index contributed by atoms with van der Waals surface area (Å²) >= 11 is 0. The van der Waals surface area contributed by atoms with Crippen molar-refractivity contribution in [1.29, 1.82) is 0 Å². The predicted molar refractivity (Wildman–Crippen MR) is 60.8 cm³/mol. The number of aromatic nitrogens is 2. The van der Waals surface area contributed by atoms with Crippen LogP contribution in [0, 0.1) is 6.57 Å². The van der Waals surface area contributed by atoms with E-state index < -0.39 is 0 Å². The van der Waals surface area contributed by atoms with Crippen LogP contribution in [0.25, 0.3) is 10.4 Å². The second-order valence-corrected chi connectivity index (χ2v) is 3.73. The van der Waals surface area contributed by atoms with Gasteiger partial charge in [0.1, 0.15) is 0 Å². The molecule has 0 aliphatic heterocycles. The van der Waals surface area contributed by atoms with Gasteiger partial charge in [-0.05, 0) is 12.0 Å². The highest BCUT2D eigenvalue weighted by atomic mass is 16.5. The van der Waals surface area contributed by atoms with Crippen molar-refractivity contribution in [2.24, 2.45) is 0 Å². The zero-order valence-corrected chi connectivity index (χ0v) is 9.18. The van der Waals surface area contributed by atoms with Gasteiger partial charge in [0.15, 0.2) is 0 Å². The molecule has 2 rings (SSSR count). The molecular weight excluding hydrogens is 202 g/mol. The van der Waals surface area contributed by atoms with Crippen LogP contribution in [0.5, 0.6) is 5.88 Å². The first-order valence-electron chi connectivity index (χ1n) is 5.25. The molecule has 4 heteroatoms. The van der Waals surface area contributed by atoms with Gasteiger partial charge in [-0.2, -0.15) is 0 Å². The standard InChI is InChI=1S/C12H13N3O/c1-13-10-5-3-9(4-6-10)11-7-15-12(16-2)8-14-11/h3,7-8,10H,4-6H2,2H3. The maximum absolute atomic E-state index is 6.97. The Morgan fingerprint density at radius 3 is 2.81 bits per heavy atom. The van der Waals surface area contributed by atoms with Gasteiger partial charge in [0.2, 0.25) is 11.9 Å². The van der Waals surface area contributed by atoms with Crippen LogP contribution in [0.2, 0.25) is 0 Å². The summed E-state index contributed by atoms with van der Waals surface area (Å²) in [6.07, 6.45) is 8.10. The van der Waals surface area contributed by atoms with Crippen molar-refractivity contribution >= 4 is 5.57 Å². The van der Waals surface area contributed by atoms with Gasteiger partial charge < -0.3 is 9.58 Å². The van der Waals surface area contributed by atoms with E-state index in [1.165, 1.54) is 5.57 Å². The van der Waals surface area contributed by atoms with E-state index in [1.807, 2.05) is 0 Å². The molecule has 82 valence electrons. The molecule has 0 N–H and O–H groups in total. The first-order valence-corrected chi connectivity index (χ1v) is 5.25. The minimum absolute atomic E-state index is 0.148. The van der Waals surface area contributed by atoms with Gasteiger partial charge in [-0.15, -0.1) is 0 Å². The van der Waals surface area contributed by atoms with E-state index >= 15 is 0 Å². The quantitative estimate of drug-likeness (QED) is 0.711. The van der Waals surface area contributed by atoms with E-state index in [-0.39, 0.29) is 6.04 Å². The fraction of sp³-hybridized carbons (Fsp3) is 0.417. The zero-order chi connectivity index (χ0) is 11.4. The van der Waals surface area contributed by atoms with Crippen molar-refractivity contribution in [2.45, 2.75) is 25.3 Å². The van der Waals surface area contributed by atoms with E-state index in [2.05, 4.69) is 20.9 Å². The Morgan fingerprint density at radius 1 is 1.44 bits per heavy atom. The van der Waals surface area contributed by atoms with Crippen molar-refractivity contribution < 1.29 is 4.74 Å². The molecule has 1 aromatic rings. The molecule has 1 aliphatic rings. The molecule has 4 nitrogen and oxygen atoms in total. The molecule has 0 spiro atoms. The molecule has 0 amide bonds. The third-order valence-corrected chi connectivity index (χ3v) is 2.73. The van der Waals surface area contributed by atoms with Crippen LogP contribution in [0.15, 0.2) is 18.5 Å². The number of hydrogen-bond acceptors (Lipinski definition) is 3. The molecule has 1 atom stereocenters. The first kappa shape index (κ1) is 10.6. The maximum Gasteiger partial charge on any atom is 0.232 e. The van der Waals surface area contributed by atoms with E-state index in [1.54, 1.807) is 19.5 Å². The summed E-state index contributed by atoms with van der Waals surface area (Å²) in [4.78, 5) is 12.0. The lowest BCUT2D eigenvalue weighted by atomic mass is 9.94. The topological polar surface area (TPSA) is 39.4 Å². The molecule has 0 bridgehead atoms. The van der Waals surface area contributed by atoms with Crippen LogP contribution in [0.3, 0.4) is 0 Å². The average Bonchev–Trinajstić information content (AvgIpc) is 2.39. The Hall–Kier alpha value is -1.89. The maximum atomic E-state index is 6.97. The fourth-order valence-corrected chi connectivity index (χ4v) is 1.76. The minimum Gasteiger partial charge on any atom is -0.480 e. The SMILES string of the molecule is [C-]#[N+]C1CC=C(c2cnc(OC)cn2)CC1. The summed E-state index contributed by atoms with van der Waals surface area (Å²) in [7, 11) is 1.57. The molecule has 1 heterocycles. The number of nitrogens with zero attached hydrogens (tertiary/aromatic N) is 3. The van der Waals surface area contributed by atoms with Gasteiger partial charge in [-0.25, -0.2) is 16.5 Å². The zero-order valence-electron chi connectivity index (χ0n) is 9.18. The van der Waals surface area contributed by atoms with Gasteiger partial charge in [0, 0.05) is 12.8 Å². The lowest BCUT2D eigenvalue weighted by molar-refractivity contribution is 0.395. The largest absolute Gasteiger partial charge is 0.480 e. The van der Waals surface area contributed by atoms with Crippen LogP contribution >= 0.6 is 0 Å². The highest BCUT2D eigenvalue weighted by molar-refractivity contribution is 5.63. The molecule has 1 aliphatic carbocycles. The summed E-state index contributed by atoms with van der Waals surface area (Å²) in [5, 5.41) is 0. The van der Waals surface area contributed by atoms with Crippen LogP contribution in [-0.2, 0) is 0 Å². The molecule has 1 unspecified atom stereocenters. The van der Waals surface area contributed by atoms with Gasteiger partial charge in [0.25, 0.3) is 0 Å². The molecule has 0 fully saturated rings. The molecule has 16 heavy (non-hydrogen) atoms. The normalized spacial score (nSPS) is 19.8. The Balaban J connectivity index is 2.13. The number of rotatable bonds is 2. The fourth-order valence-electron chi connectivity index (χ4n) is 1.76. The summed E-state index contributed by atoms with van der Waals surface area (Å²) in [5.41, 5.74) is 2.08. The van der Waals surface area contributed by atoms with Crippen LogP contribution in [0.1, 0.15) is 25.0 Å². The Kier molecular flexibility index (Phi) is 3.16. The molecule has 0 aromatic carbocycles. The summed E-state index contributed by atoms with van der Waals surface area (Å²) in [6.45, 7) is 6.97. The van der Waals surface area contributed by atoms with Gasteiger partial charge >= 0.3 is 0 Å². The van der Waals surface area contributed by atoms with Crippen LogP contribution in [0.4, 0.5) is 0 Å². The number of methoxy groups -OCH3 is 1. The highest BCUT2D eigenvalue weighted by Gasteiger charge is 2.19. The number of ether oxygens (including phenoxy) is 1. The summed E-state index contributed by atoms with van der Waals surface area (Å²) < 4.78 is 4.96. The van der Waals surface area contributed by atoms with E-state index in [0.717, 1.165) is 25.0 Å². The van der Waals surface area contributed by atoms with Gasteiger partial charge in [-0.1, -0.05) is 6.08 Å². The molecule has 0 saturated heterocycles. The van der Waals surface area contributed by atoms with Crippen molar-refractivity contribution in [1.82, 2.24) is 9.97 Å². The smallest absolute Gasteiger partial charge is 0.232 e. The molecule has 0 saturated carbocycles. The molecule has 1 aromatic heterocycles. The van der Waals surface area contributed by atoms with Crippen LogP contribution in [-0.4, -0.2) is 23.1 Å². The lowest BCUT2D eigenvalue weighted by Gasteiger charge is -2.13. The Bertz CT molecular complexity index is 431. The lowest BCUT2D eigenvalue weighted by Crippen LogP contribution is -2.07. The summed E-state index contributed by atoms with van der Waals surface area (Å²) in [5.74, 6) is 0.527. The van der Waals surface area contributed by atoms with Gasteiger partial charge in [-0.3, -0.25) is 0 Å². The second-order valence-electron chi connectivity index (χ2n) is 3.73. The second kappa shape index (κ2) is 4.75. The van der Waals surface area contributed by atoms with Crippen molar-refractivity contribution in [3.05, 3.63) is 35.6 Å². The number of allylic oxidation sites excluding steroid dienone is 1. The van der Waals surface area contributed by atoms with Crippen molar-refractivity contribution in [3.63, 3.8) is 0 Å². The first-order chi connectivity index (χ1) is 7.83. The van der Waals surface area contributed by atoms with Crippen molar-refractivity contribution in [3.8, 4) is 5.88 Å². The van der Waals surface area contributed by atoms with Crippen molar-refractivity contribution in [2.75, 3.05) is 7.11 Å². The highest BCUT2D eigenvalue weighted by Crippen LogP contribution is 2.27. The van der Waals surface area contributed by atoms with Crippen LogP contribution < -0.4 is 4.74 Å².